The molecular formula is C36H64N6O14. The number of hydrogen-bond donors (Lipinski definition) is 8. The first-order valence-electron chi connectivity index (χ1n) is 18.3. The molecule has 0 radical (unpaired) electrons. The molecule has 0 aliphatic carbocycles. The summed E-state index contributed by atoms with van der Waals surface area (Å²) in [6.07, 6.45) is -7.05. The summed E-state index contributed by atoms with van der Waals surface area (Å²) in [6, 6.07) is -2.70. The number of rotatable bonds is 19. The van der Waals surface area contributed by atoms with Gasteiger partial charge < -0.3 is 61.1 Å². The van der Waals surface area contributed by atoms with E-state index in [2.05, 4.69) is 31.9 Å². The second-order valence-corrected chi connectivity index (χ2v) is 16.8. The largest absolute Gasteiger partial charge is 0.460 e. The van der Waals surface area contributed by atoms with Crippen LogP contribution in [0.15, 0.2) is 0 Å². The summed E-state index contributed by atoms with van der Waals surface area (Å²) in [6.45, 7) is 19.0. The van der Waals surface area contributed by atoms with Gasteiger partial charge in [-0.05, 0) is 89.5 Å². The van der Waals surface area contributed by atoms with E-state index in [9.17, 15) is 48.6 Å². The molecule has 0 saturated heterocycles. The van der Waals surface area contributed by atoms with Gasteiger partial charge in [0, 0.05) is 32.6 Å². The number of ether oxygens (including phenoxy) is 4. The van der Waals surface area contributed by atoms with E-state index in [-0.39, 0.29) is 39.0 Å². The summed E-state index contributed by atoms with van der Waals surface area (Å²) in [7, 11) is 0. The number of carbonyl (C=O) groups is 8. The lowest BCUT2D eigenvalue weighted by Crippen LogP contribution is -2.51. The summed E-state index contributed by atoms with van der Waals surface area (Å²) in [5.74, 6) is -4.58. The van der Waals surface area contributed by atoms with Crippen molar-refractivity contribution in [3.05, 3.63) is 0 Å². The second-order valence-electron chi connectivity index (χ2n) is 16.8. The number of alkyl carbamates (subject to hydrolysis) is 2. The Bertz CT molecular complexity index is 1300. The zero-order chi connectivity index (χ0) is 43.7. The molecule has 322 valence electrons. The Hall–Kier alpha value is -4.72. The second kappa shape index (κ2) is 22.7. The SMILES string of the molecule is CC(C)(C)OC(=O)CC(NC(=O)OC(C)(C)C)C(=O)NCCNC(=O)CCC(O)C(O)C(=O)NCCNC(=O)C(CC(=O)OC(C)(C)C)NC(=O)OC(C)(C)C. The summed E-state index contributed by atoms with van der Waals surface area (Å²) in [5, 5.41) is 35.0. The molecule has 0 aromatic carbocycles. The predicted molar refractivity (Wildman–Crippen MR) is 201 cm³/mol. The minimum absolute atomic E-state index is 0.0764. The third-order valence-corrected chi connectivity index (χ3v) is 6.37. The van der Waals surface area contributed by atoms with Crippen molar-refractivity contribution in [2.45, 2.75) is 155 Å². The summed E-state index contributed by atoms with van der Waals surface area (Å²) >= 11 is 0. The van der Waals surface area contributed by atoms with Gasteiger partial charge in [0.1, 0.15) is 34.5 Å². The Balaban J connectivity index is 4.87. The molecule has 0 heterocycles. The minimum Gasteiger partial charge on any atom is -0.460 e. The highest BCUT2D eigenvalue weighted by Gasteiger charge is 2.31. The monoisotopic (exact) mass is 804 g/mol. The number of carbonyl (C=O) groups excluding carboxylic acids is 8. The Morgan fingerprint density at radius 2 is 0.804 bits per heavy atom. The van der Waals surface area contributed by atoms with E-state index in [1.165, 1.54) is 0 Å². The van der Waals surface area contributed by atoms with Gasteiger partial charge in [0.15, 0.2) is 6.10 Å². The first-order chi connectivity index (χ1) is 25.4. The van der Waals surface area contributed by atoms with Crippen molar-refractivity contribution < 1.29 is 67.5 Å². The van der Waals surface area contributed by atoms with Gasteiger partial charge in [-0.2, -0.15) is 0 Å². The van der Waals surface area contributed by atoms with Crippen LogP contribution in [0.1, 0.15) is 109 Å². The molecule has 0 saturated carbocycles. The van der Waals surface area contributed by atoms with E-state index in [0.29, 0.717) is 0 Å². The molecule has 0 spiro atoms. The van der Waals surface area contributed by atoms with Crippen LogP contribution < -0.4 is 31.9 Å². The van der Waals surface area contributed by atoms with Gasteiger partial charge in [-0.1, -0.05) is 0 Å². The summed E-state index contributed by atoms with van der Waals surface area (Å²) in [5.41, 5.74) is -3.42. The van der Waals surface area contributed by atoms with Gasteiger partial charge in [0.2, 0.25) is 17.7 Å². The standard InChI is InChI=1S/C36H64N6O14/c1-33(2,3)53-25(45)19-21(41-31(51)55-35(7,8)9)28(48)38-16-15-37-24(44)14-13-23(43)27(47)30(50)40-18-17-39-29(49)22(20-26(46)54-34(4,5)6)42-32(52)56-36(10,11)12/h21-23,27,43,47H,13-20H2,1-12H3,(H,37,44)(H,38,48)(H,39,49)(H,40,50)(H,41,51)(H,42,52). The molecule has 0 aliphatic heterocycles. The topological polar surface area (TPSA) is 286 Å². The Kier molecular flexibility index (Phi) is 20.8. The third kappa shape index (κ3) is 26.1. The fourth-order valence-corrected chi connectivity index (χ4v) is 4.23. The normalized spacial score (nSPS) is 14.0. The van der Waals surface area contributed by atoms with Crippen LogP contribution in [0.3, 0.4) is 0 Å². The number of amides is 6. The van der Waals surface area contributed by atoms with Gasteiger partial charge in [-0.25, -0.2) is 9.59 Å². The Labute approximate surface area is 328 Å². The molecule has 6 amide bonds. The highest BCUT2D eigenvalue weighted by atomic mass is 16.6. The minimum atomic E-state index is -1.93. The Morgan fingerprint density at radius 3 is 1.14 bits per heavy atom. The summed E-state index contributed by atoms with van der Waals surface area (Å²) < 4.78 is 20.8. The number of aliphatic hydroxyl groups excluding tert-OH is 2. The van der Waals surface area contributed by atoms with Crippen molar-refractivity contribution in [2.24, 2.45) is 0 Å². The molecule has 20 heteroatoms. The number of aliphatic hydroxyl groups is 2. The quantitative estimate of drug-likeness (QED) is 0.0492. The van der Waals surface area contributed by atoms with E-state index in [1.54, 1.807) is 83.1 Å². The molecule has 20 nitrogen and oxygen atoms in total. The molecule has 56 heavy (non-hydrogen) atoms. The summed E-state index contributed by atoms with van der Waals surface area (Å²) in [4.78, 5) is 99.6. The molecule has 0 aromatic heterocycles. The van der Waals surface area contributed by atoms with E-state index in [1.807, 2.05) is 0 Å². The number of nitrogens with one attached hydrogen (secondary N) is 6. The van der Waals surface area contributed by atoms with Gasteiger partial charge in [-0.3, -0.25) is 28.8 Å². The lowest BCUT2D eigenvalue weighted by molar-refractivity contribution is -0.157. The van der Waals surface area contributed by atoms with Crippen LogP contribution in [0, 0.1) is 0 Å². The van der Waals surface area contributed by atoms with E-state index in [0.717, 1.165) is 0 Å². The zero-order valence-corrected chi connectivity index (χ0v) is 34.8. The molecule has 0 bridgehead atoms. The van der Waals surface area contributed by atoms with Crippen LogP contribution in [0.2, 0.25) is 0 Å². The molecule has 0 aliphatic rings. The number of esters is 2. The molecule has 0 fully saturated rings. The van der Waals surface area contributed by atoms with Crippen molar-refractivity contribution in [1.29, 1.82) is 0 Å². The van der Waals surface area contributed by atoms with E-state index in [4.69, 9.17) is 18.9 Å². The predicted octanol–water partition coefficient (Wildman–Crippen LogP) is 0.203. The first kappa shape index (κ1) is 51.3. The smallest absolute Gasteiger partial charge is 0.408 e. The van der Waals surface area contributed by atoms with Crippen molar-refractivity contribution in [1.82, 2.24) is 31.9 Å². The first-order valence-corrected chi connectivity index (χ1v) is 18.3. The fraction of sp³-hybridized carbons (Fsp3) is 0.778. The van der Waals surface area contributed by atoms with Crippen molar-refractivity contribution >= 4 is 47.8 Å². The van der Waals surface area contributed by atoms with Crippen molar-refractivity contribution in [3.8, 4) is 0 Å². The van der Waals surface area contributed by atoms with Crippen LogP contribution >= 0.6 is 0 Å². The van der Waals surface area contributed by atoms with Crippen molar-refractivity contribution in [2.75, 3.05) is 26.2 Å². The Morgan fingerprint density at radius 1 is 0.482 bits per heavy atom. The van der Waals surface area contributed by atoms with Crippen LogP contribution in [0.4, 0.5) is 9.59 Å². The molecule has 4 atom stereocenters. The van der Waals surface area contributed by atoms with Gasteiger partial charge in [0.05, 0.1) is 18.9 Å². The van der Waals surface area contributed by atoms with Crippen LogP contribution in [0.5, 0.6) is 0 Å². The maximum atomic E-state index is 12.8. The van der Waals surface area contributed by atoms with E-state index < -0.39 is 107 Å². The lowest BCUT2D eigenvalue weighted by atomic mass is 10.1. The average Bonchev–Trinajstić information content (AvgIpc) is 2.98. The van der Waals surface area contributed by atoms with Gasteiger partial charge in [0.25, 0.3) is 5.91 Å². The van der Waals surface area contributed by atoms with Crippen LogP contribution in [-0.2, 0) is 47.7 Å². The van der Waals surface area contributed by atoms with E-state index >= 15 is 0 Å². The number of hydrogen-bond acceptors (Lipinski definition) is 14. The molecule has 4 unspecified atom stereocenters. The maximum absolute atomic E-state index is 12.8. The molecule has 0 rings (SSSR count). The maximum Gasteiger partial charge on any atom is 0.408 e. The van der Waals surface area contributed by atoms with Gasteiger partial charge >= 0.3 is 24.1 Å². The zero-order valence-electron chi connectivity index (χ0n) is 34.8. The molecular weight excluding hydrogens is 740 g/mol. The third-order valence-electron chi connectivity index (χ3n) is 6.37. The molecule has 8 N–H and O–H groups in total. The molecule has 0 aromatic rings. The highest BCUT2D eigenvalue weighted by molar-refractivity contribution is 5.90. The van der Waals surface area contributed by atoms with Crippen molar-refractivity contribution in [3.63, 3.8) is 0 Å². The van der Waals surface area contributed by atoms with Crippen LogP contribution in [0.25, 0.3) is 0 Å². The fourth-order valence-electron chi connectivity index (χ4n) is 4.23. The van der Waals surface area contributed by atoms with Crippen LogP contribution in [-0.4, -0.2) is 131 Å². The van der Waals surface area contributed by atoms with Gasteiger partial charge in [-0.15, -0.1) is 0 Å². The lowest BCUT2D eigenvalue weighted by Gasteiger charge is -2.24. The highest BCUT2D eigenvalue weighted by Crippen LogP contribution is 2.13. The average molecular weight is 805 g/mol.